The van der Waals surface area contributed by atoms with Gasteiger partial charge in [-0.15, -0.1) is 0 Å². The highest BCUT2D eigenvalue weighted by atomic mass is 35.5. The quantitative estimate of drug-likeness (QED) is 0.322. The molecule has 3 aromatic carbocycles. The van der Waals surface area contributed by atoms with E-state index in [9.17, 15) is 19.2 Å². The molecule has 4 rings (SSSR count). The number of hydrogen-bond donors (Lipinski definition) is 1. The third kappa shape index (κ3) is 5.17. The zero-order valence-electron chi connectivity index (χ0n) is 18.8. The smallest absolute Gasteiger partial charge is 0.276 e. The minimum atomic E-state index is -1.22. The van der Waals surface area contributed by atoms with Crippen molar-refractivity contribution in [2.45, 2.75) is 19.4 Å². The molecule has 9 heteroatoms. The van der Waals surface area contributed by atoms with Crippen LogP contribution in [0, 0.1) is 0 Å². The van der Waals surface area contributed by atoms with Gasteiger partial charge in [0.2, 0.25) is 5.91 Å². The number of amides is 4. The first-order valence-corrected chi connectivity index (χ1v) is 11.2. The molecule has 178 valence electrons. The molecular formula is C26H22ClN3O5. The van der Waals surface area contributed by atoms with E-state index in [-0.39, 0.29) is 6.42 Å². The summed E-state index contributed by atoms with van der Waals surface area (Å²) >= 11 is 6.01. The lowest BCUT2D eigenvalue weighted by molar-refractivity contribution is -0.144. The van der Waals surface area contributed by atoms with Crippen LogP contribution in [0.2, 0.25) is 5.02 Å². The summed E-state index contributed by atoms with van der Waals surface area (Å²) in [7, 11) is 0. The number of ether oxygens (including phenoxy) is 1. The Bertz CT molecular complexity index is 1330. The van der Waals surface area contributed by atoms with Gasteiger partial charge in [0.05, 0.1) is 12.1 Å². The molecule has 0 bridgehead atoms. The van der Waals surface area contributed by atoms with Crippen LogP contribution in [0.5, 0.6) is 5.75 Å². The van der Waals surface area contributed by atoms with E-state index in [4.69, 9.17) is 16.3 Å². The van der Waals surface area contributed by atoms with E-state index in [0.29, 0.717) is 16.5 Å². The molecule has 1 heterocycles. The second-order valence-electron chi connectivity index (χ2n) is 7.78. The zero-order chi connectivity index (χ0) is 24.9. The standard InChI is InChI=1S/C26H22ClN3O5/c1-2-7-24(32)30(21-15-25(33)29(26(21)34)19-11-6-10-18(27)14-19)28-23(31)16-35-22-13-5-9-17-8-3-4-12-20(17)22/h2-14,21H,15-16H2,1H3,(H,28,31). The summed E-state index contributed by atoms with van der Waals surface area (Å²) in [5.74, 6) is -1.96. The Morgan fingerprint density at radius 3 is 2.63 bits per heavy atom. The van der Waals surface area contributed by atoms with Gasteiger partial charge in [-0.3, -0.25) is 24.6 Å². The predicted octanol–water partition coefficient (Wildman–Crippen LogP) is 3.64. The first kappa shape index (κ1) is 24.0. The summed E-state index contributed by atoms with van der Waals surface area (Å²) < 4.78 is 5.69. The topological polar surface area (TPSA) is 96.0 Å². The number of fused-ring (bicyclic) bond motifs is 1. The number of carbonyl (C=O) groups excluding carboxylic acids is 4. The lowest BCUT2D eigenvalue weighted by Gasteiger charge is -2.27. The fourth-order valence-electron chi connectivity index (χ4n) is 3.85. The van der Waals surface area contributed by atoms with Crippen LogP contribution in [0.4, 0.5) is 5.69 Å². The predicted molar refractivity (Wildman–Crippen MR) is 132 cm³/mol. The monoisotopic (exact) mass is 491 g/mol. The second-order valence-corrected chi connectivity index (χ2v) is 8.21. The summed E-state index contributed by atoms with van der Waals surface area (Å²) in [4.78, 5) is 52.3. The van der Waals surface area contributed by atoms with Gasteiger partial charge in [-0.05, 0) is 36.6 Å². The summed E-state index contributed by atoms with van der Waals surface area (Å²) in [6, 6.07) is 18.1. The molecule has 0 aromatic heterocycles. The average Bonchev–Trinajstić information content (AvgIpc) is 3.14. The maximum absolute atomic E-state index is 13.1. The van der Waals surface area contributed by atoms with Crippen molar-refractivity contribution in [1.82, 2.24) is 10.4 Å². The fourth-order valence-corrected chi connectivity index (χ4v) is 4.03. The van der Waals surface area contributed by atoms with Crippen molar-refractivity contribution in [1.29, 1.82) is 0 Å². The number of hydrogen-bond acceptors (Lipinski definition) is 5. The number of carbonyl (C=O) groups is 4. The van der Waals surface area contributed by atoms with Crippen LogP contribution in [0.3, 0.4) is 0 Å². The van der Waals surface area contributed by atoms with Crippen molar-refractivity contribution in [2.75, 3.05) is 11.5 Å². The van der Waals surface area contributed by atoms with E-state index >= 15 is 0 Å². The number of nitrogens with one attached hydrogen (secondary N) is 1. The van der Waals surface area contributed by atoms with Gasteiger partial charge in [0.15, 0.2) is 6.61 Å². The Balaban J connectivity index is 1.51. The van der Waals surface area contributed by atoms with Gasteiger partial charge in [-0.25, -0.2) is 9.91 Å². The van der Waals surface area contributed by atoms with Crippen molar-refractivity contribution < 1.29 is 23.9 Å². The minimum absolute atomic E-state index is 0.291. The first-order valence-electron chi connectivity index (χ1n) is 10.9. The van der Waals surface area contributed by atoms with Crippen LogP contribution >= 0.6 is 11.6 Å². The molecule has 0 radical (unpaired) electrons. The van der Waals surface area contributed by atoms with Gasteiger partial charge in [0.1, 0.15) is 11.8 Å². The zero-order valence-corrected chi connectivity index (χ0v) is 19.6. The van der Waals surface area contributed by atoms with Crippen LogP contribution < -0.4 is 15.1 Å². The molecule has 35 heavy (non-hydrogen) atoms. The number of nitrogens with zero attached hydrogens (tertiary/aromatic N) is 2. The van der Waals surface area contributed by atoms with Crippen LogP contribution in [-0.4, -0.2) is 41.3 Å². The number of benzene rings is 3. The van der Waals surface area contributed by atoms with Crippen LogP contribution in [0.25, 0.3) is 10.8 Å². The number of imide groups is 1. The van der Waals surface area contributed by atoms with Crippen molar-refractivity contribution in [3.63, 3.8) is 0 Å². The van der Waals surface area contributed by atoms with Gasteiger partial charge in [0.25, 0.3) is 17.7 Å². The van der Waals surface area contributed by atoms with Gasteiger partial charge in [-0.2, -0.15) is 0 Å². The number of allylic oxidation sites excluding steroid dienone is 1. The van der Waals surface area contributed by atoms with Crippen LogP contribution in [0.15, 0.2) is 78.9 Å². The minimum Gasteiger partial charge on any atom is -0.483 e. The molecule has 0 saturated carbocycles. The lowest BCUT2D eigenvalue weighted by atomic mass is 10.1. The molecule has 1 saturated heterocycles. The molecule has 1 unspecified atom stereocenters. The number of anilines is 1. The second kappa shape index (κ2) is 10.4. The number of hydrazine groups is 1. The van der Waals surface area contributed by atoms with Crippen molar-refractivity contribution in [2.24, 2.45) is 0 Å². The molecule has 1 aliphatic rings. The third-order valence-electron chi connectivity index (χ3n) is 5.40. The lowest BCUT2D eigenvalue weighted by Crippen LogP contribution is -2.55. The molecule has 0 aliphatic carbocycles. The fraction of sp³-hybridized carbons (Fsp3) is 0.154. The van der Waals surface area contributed by atoms with E-state index < -0.39 is 36.3 Å². The molecule has 1 N–H and O–H groups in total. The normalized spacial score (nSPS) is 15.6. The largest absolute Gasteiger partial charge is 0.483 e. The highest BCUT2D eigenvalue weighted by molar-refractivity contribution is 6.31. The number of rotatable bonds is 6. The van der Waals surface area contributed by atoms with Crippen molar-refractivity contribution in [3.8, 4) is 5.75 Å². The van der Waals surface area contributed by atoms with E-state index in [2.05, 4.69) is 5.43 Å². The summed E-state index contributed by atoms with van der Waals surface area (Å²) in [5.41, 5.74) is 2.73. The van der Waals surface area contributed by atoms with E-state index in [1.54, 1.807) is 31.2 Å². The molecule has 8 nitrogen and oxygen atoms in total. The molecular weight excluding hydrogens is 470 g/mol. The maximum atomic E-state index is 13.1. The van der Waals surface area contributed by atoms with Gasteiger partial charge in [0, 0.05) is 16.5 Å². The number of halogens is 1. The third-order valence-corrected chi connectivity index (χ3v) is 5.64. The molecule has 1 fully saturated rings. The van der Waals surface area contributed by atoms with Crippen molar-refractivity contribution >= 4 is 51.7 Å². The summed E-state index contributed by atoms with van der Waals surface area (Å²) in [6.07, 6.45) is 2.38. The molecule has 4 amide bonds. The van der Waals surface area contributed by atoms with Crippen LogP contribution in [0.1, 0.15) is 13.3 Å². The van der Waals surface area contributed by atoms with Gasteiger partial charge in [-0.1, -0.05) is 60.1 Å². The Morgan fingerprint density at radius 2 is 1.86 bits per heavy atom. The van der Waals surface area contributed by atoms with E-state index in [0.717, 1.165) is 20.7 Å². The Labute approximate surface area is 206 Å². The summed E-state index contributed by atoms with van der Waals surface area (Å²) in [5, 5.41) is 3.01. The van der Waals surface area contributed by atoms with Crippen LogP contribution in [-0.2, 0) is 19.2 Å². The molecule has 0 spiro atoms. The molecule has 1 atom stereocenters. The highest BCUT2D eigenvalue weighted by Crippen LogP contribution is 2.28. The average molecular weight is 492 g/mol. The first-order chi connectivity index (χ1) is 16.9. The van der Waals surface area contributed by atoms with E-state index in [1.807, 2.05) is 36.4 Å². The van der Waals surface area contributed by atoms with Gasteiger partial charge < -0.3 is 4.74 Å². The van der Waals surface area contributed by atoms with E-state index in [1.165, 1.54) is 18.2 Å². The highest BCUT2D eigenvalue weighted by Gasteiger charge is 2.45. The Kier molecular flexibility index (Phi) is 7.12. The maximum Gasteiger partial charge on any atom is 0.276 e. The van der Waals surface area contributed by atoms with Crippen molar-refractivity contribution in [3.05, 3.63) is 83.9 Å². The summed E-state index contributed by atoms with van der Waals surface area (Å²) in [6.45, 7) is 1.22. The SMILES string of the molecule is CC=CC(=O)N(NC(=O)COc1cccc2ccccc12)C1CC(=O)N(c2cccc(Cl)c2)C1=O. The van der Waals surface area contributed by atoms with Gasteiger partial charge >= 0.3 is 0 Å². The Morgan fingerprint density at radius 1 is 1.11 bits per heavy atom. The Hall–Kier alpha value is -4.17. The molecule has 3 aromatic rings. The molecule has 1 aliphatic heterocycles.